The van der Waals surface area contributed by atoms with E-state index in [0.29, 0.717) is 13.2 Å². The Hall–Kier alpha value is -0.0600. The molecule has 0 aromatic heterocycles. The summed E-state index contributed by atoms with van der Waals surface area (Å²) in [6, 6.07) is 0. The van der Waals surface area contributed by atoms with Crippen molar-refractivity contribution in [3.63, 3.8) is 0 Å². The van der Waals surface area contributed by atoms with Gasteiger partial charge in [-0.25, -0.2) is 0 Å². The summed E-state index contributed by atoms with van der Waals surface area (Å²) in [6.07, 6.45) is 11.5. The largest absolute Gasteiger partial charge is 0.466 e. The first-order chi connectivity index (χ1) is 10.7. The number of rotatable bonds is 15. The van der Waals surface area contributed by atoms with Gasteiger partial charge in [-0.15, -0.1) is 0 Å². The van der Waals surface area contributed by atoms with E-state index in [0.717, 1.165) is 25.7 Å². The Morgan fingerprint density at radius 3 is 1.30 bits per heavy atom. The van der Waals surface area contributed by atoms with Crippen molar-refractivity contribution in [2.24, 2.45) is 0 Å². The molecule has 0 aromatic carbocycles. The van der Waals surface area contributed by atoms with E-state index in [2.05, 4.69) is 13.8 Å². The molecule has 4 nitrogen and oxygen atoms in total. The number of unbranched alkanes of at least 4 members (excludes halogenated alkanes) is 8. The molecule has 0 aliphatic rings. The zero-order valence-electron chi connectivity index (χ0n) is 15.5. The Morgan fingerprint density at radius 2 is 0.957 bits per heavy atom. The van der Waals surface area contributed by atoms with Crippen LogP contribution in [-0.2, 0) is 19.1 Å². The monoisotopic (exact) mass is 337 g/mol. The molecule has 23 heavy (non-hydrogen) atoms. The van der Waals surface area contributed by atoms with Crippen LogP contribution in [0.2, 0.25) is 0 Å². The Bertz CT molecular complexity index is 254. The SMILES string of the molecule is CCCCCCCOC(=O)CCC(=O)OCCCCCCC.[Na]. The minimum Gasteiger partial charge on any atom is -0.466 e. The molecular formula is C18H34NaO4. The zero-order valence-corrected chi connectivity index (χ0v) is 17.5. The fourth-order valence-corrected chi connectivity index (χ4v) is 2.13. The quantitative estimate of drug-likeness (QED) is 0.252. The van der Waals surface area contributed by atoms with Gasteiger partial charge >= 0.3 is 11.9 Å². The van der Waals surface area contributed by atoms with E-state index in [4.69, 9.17) is 9.47 Å². The number of ether oxygens (including phenoxy) is 2. The van der Waals surface area contributed by atoms with E-state index in [-0.39, 0.29) is 54.3 Å². The molecule has 0 amide bonds. The maximum atomic E-state index is 11.5. The molecule has 0 unspecified atom stereocenters. The van der Waals surface area contributed by atoms with Crippen LogP contribution in [0.15, 0.2) is 0 Å². The first kappa shape index (κ1) is 25.2. The summed E-state index contributed by atoms with van der Waals surface area (Å²) in [5.74, 6) is -0.592. The fraction of sp³-hybridized carbons (Fsp3) is 0.889. The second kappa shape index (κ2) is 20.0. The third-order valence-electron chi connectivity index (χ3n) is 3.56. The van der Waals surface area contributed by atoms with Crippen LogP contribution in [-0.4, -0.2) is 54.7 Å². The van der Waals surface area contributed by atoms with E-state index < -0.39 is 0 Å². The van der Waals surface area contributed by atoms with Gasteiger partial charge in [0.2, 0.25) is 0 Å². The van der Waals surface area contributed by atoms with E-state index in [1.54, 1.807) is 0 Å². The smallest absolute Gasteiger partial charge is 0.306 e. The minimum atomic E-state index is -0.296. The van der Waals surface area contributed by atoms with Gasteiger partial charge in [0.15, 0.2) is 0 Å². The summed E-state index contributed by atoms with van der Waals surface area (Å²) in [6.45, 7) is 5.28. The van der Waals surface area contributed by atoms with E-state index in [9.17, 15) is 9.59 Å². The molecule has 5 heteroatoms. The van der Waals surface area contributed by atoms with Crippen molar-refractivity contribution in [1.29, 1.82) is 0 Å². The molecule has 0 bridgehead atoms. The van der Waals surface area contributed by atoms with Crippen molar-refractivity contribution in [3.05, 3.63) is 0 Å². The number of esters is 2. The van der Waals surface area contributed by atoms with Crippen LogP contribution < -0.4 is 0 Å². The van der Waals surface area contributed by atoms with Crippen LogP contribution in [0.25, 0.3) is 0 Å². The molecule has 0 aromatic rings. The first-order valence-electron chi connectivity index (χ1n) is 9.02. The second-order valence-corrected chi connectivity index (χ2v) is 5.77. The minimum absolute atomic E-state index is 0. The third kappa shape index (κ3) is 19.9. The zero-order chi connectivity index (χ0) is 16.5. The van der Waals surface area contributed by atoms with Gasteiger partial charge in [-0.05, 0) is 12.8 Å². The van der Waals surface area contributed by atoms with Crippen molar-refractivity contribution in [1.82, 2.24) is 0 Å². The normalized spacial score (nSPS) is 10.0. The van der Waals surface area contributed by atoms with Crippen molar-refractivity contribution in [3.8, 4) is 0 Å². The van der Waals surface area contributed by atoms with Crippen molar-refractivity contribution in [2.75, 3.05) is 13.2 Å². The molecule has 0 N–H and O–H groups in total. The van der Waals surface area contributed by atoms with E-state index in [1.165, 1.54) is 38.5 Å². The van der Waals surface area contributed by atoms with Crippen LogP contribution in [0.5, 0.6) is 0 Å². The first-order valence-corrected chi connectivity index (χ1v) is 9.02. The van der Waals surface area contributed by atoms with Crippen LogP contribution in [0.3, 0.4) is 0 Å². The molecule has 0 spiro atoms. The van der Waals surface area contributed by atoms with Gasteiger partial charge in [0, 0.05) is 29.6 Å². The summed E-state index contributed by atoms with van der Waals surface area (Å²) in [5, 5.41) is 0. The van der Waals surface area contributed by atoms with Gasteiger partial charge < -0.3 is 9.47 Å². The number of hydrogen-bond donors (Lipinski definition) is 0. The van der Waals surface area contributed by atoms with Gasteiger partial charge in [0.05, 0.1) is 26.1 Å². The molecule has 0 aliphatic heterocycles. The average Bonchev–Trinajstić information content (AvgIpc) is 2.52. The van der Waals surface area contributed by atoms with Gasteiger partial charge in [-0.3, -0.25) is 9.59 Å². The molecule has 0 aliphatic carbocycles. The molecule has 131 valence electrons. The summed E-state index contributed by atoms with van der Waals surface area (Å²) >= 11 is 0. The molecule has 0 fully saturated rings. The molecule has 0 saturated heterocycles. The van der Waals surface area contributed by atoms with Gasteiger partial charge in [-0.2, -0.15) is 0 Å². The maximum Gasteiger partial charge on any atom is 0.306 e. The van der Waals surface area contributed by atoms with E-state index >= 15 is 0 Å². The summed E-state index contributed by atoms with van der Waals surface area (Å²) < 4.78 is 10.2. The van der Waals surface area contributed by atoms with Crippen molar-refractivity contribution >= 4 is 41.5 Å². The van der Waals surface area contributed by atoms with E-state index in [1.807, 2.05) is 0 Å². The predicted molar refractivity (Wildman–Crippen MR) is 94.4 cm³/mol. The number of carbonyl (C=O) groups is 2. The second-order valence-electron chi connectivity index (χ2n) is 5.77. The summed E-state index contributed by atoms with van der Waals surface area (Å²) in [7, 11) is 0. The molecular weight excluding hydrogens is 303 g/mol. The van der Waals surface area contributed by atoms with Crippen LogP contribution >= 0.6 is 0 Å². The van der Waals surface area contributed by atoms with Crippen molar-refractivity contribution in [2.45, 2.75) is 90.9 Å². The Balaban J connectivity index is 0. The Kier molecular flexibility index (Phi) is 21.9. The molecule has 0 rings (SSSR count). The van der Waals surface area contributed by atoms with Gasteiger partial charge in [-0.1, -0.05) is 65.2 Å². The van der Waals surface area contributed by atoms with Gasteiger partial charge in [0.1, 0.15) is 0 Å². The molecule has 1 radical (unpaired) electrons. The van der Waals surface area contributed by atoms with Crippen LogP contribution in [0, 0.1) is 0 Å². The molecule has 0 saturated carbocycles. The molecule has 0 heterocycles. The van der Waals surface area contributed by atoms with Crippen LogP contribution in [0.4, 0.5) is 0 Å². The van der Waals surface area contributed by atoms with Gasteiger partial charge in [0.25, 0.3) is 0 Å². The Morgan fingerprint density at radius 1 is 0.609 bits per heavy atom. The number of carbonyl (C=O) groups excluding carboxylic acids is 2. The maximum absolute atomic E-state index is 11.5. The average molecular weight is 337 g/mol. The van der Waals surface area contributed by atoms with Crippen molar-refractivity contribution < 1.29 is 19.1 Å². The third-order valence-corrected chi connectivity index (χ3v) is 3.56. The topological polar surface area (TPSA) is 52.6 Å². The molecule has 0 atom stereocenters. The fourth-order valence-electron chi connectivity index (χ4n) is 2.13. The summed E-state index contributed by atoms with van der Waals surface area (Å²) in [4.78, 5) is 22.9. The predicted octanol–water partition coefficient (Wildman–Crippen LogP) is 4.41. The standard InChI is InChI=1S/C18H34O4.Na/c1-3-5-7-9-11-15-21-17(19)13-14-18(20)22-16-12-10-8-6-4-2;/h3-16H2,1-2H3;. The summed E-state index contributed by atoms with van der Waals surface area (Å²) in [5.41, 5.74) is 0. The number of hydrogen-bond acceptors (Lipinski definition) is 4. The van der Waals surface area contributed by atoms with Crippen LogP contribution in [0.1, 0.15) is 90.9 Å². The Labute approximate surface area is 164 Å².